The highest BCUT2D eigenvalue weighted by Crippen LogP contribution is 2.14. The van der Waals surface area contributed by atoms with Crippen LogP contribution in [0.3, 0.4) is 0 Å². The fraction of sp³-hybridized carbons (Fsp3) is 0.500. The van der Waals surface area contributed by atoms with Crippen molar-refractivity contribution < 1.29 is 13.2 Å². The van der Waals surface area contributed by atoms with Crippen molar-refractivity contribution >= 4 is 34.0 Å². The fourth-order valence-corrected chi connectivity index (χ4v) is 2.84. The number of nitrogens with one attached hydrogen (secondary N) is 3. The molecule has 1 rings (SSSR count). The zero-order valence-electron chi connectivity index (χ0n) is 13.0. The van der Waals surface area contributed by atoms with Gasteiger partial charge in [0.15, 0.2) is 0 Å². The molecule has 0 spiro atoms. The van der Waals surface area contributed by atoms with Crippen LogP contribution in [0.15, 0.2) is 29.2 Å². The van der Waals surface area contributed by atoms with Gasteiger partial charge in [-0.2, -0.15) is 0 Å². The lowest BCUT2D eigenvalue weighted by Crippen LogP contribution is -2.38. The van der Waals surface area contributed by atoms with Crippen molar-refractivity contribution in [3.63, 3.8) is 0 Å². The van der Waals surface area contributed by atoms with Crippen LogP contribution in [0.1, 0.15) is 27.2 Å². The van der Waals surface area contributed by atoms with Crippen LogP contribution in [-0.2, 0) is 14.8 Å². The van der Waals surface area contributed by atoms with Crippen molar-refractivity contribution in [3.05, 3.63) is 24.3 Å². The summed E-state index contributed by atoms with van der Waals surface area (Å²) in [6.07, 6.45) is 0.379. The van der Waals surface area contributed by atoms with Crippen LogP contribution in [0, 0.1) is 0 Å². The first-order chi connectivity index (χ1) is 9.89. The van der Waals surface area contributed by atoms with Crippen LogP contribution in [0.5, 0.6) is 0 Å². The maximum atomic E-state index is 12.1. The minimum absolute atomic E-state index is 0. The molecule has 0 saturated carbocycles. The van der Waals surface area contributed by atoms with Gasteiger partial charge in [-0.15, -0.1) is 12.4 Å². The number of hydrogen-bond acceptors (Lipinski definition) is 4. The minimum Gasteiger partial charge on any atom is -0.326 e. The number of carbonyl (C=O) groups is 1. The third-order valence-electron chi connectivity index (χ3n) is 2.90. The van der Waals surface area contributed by atoms with Crippen molar-refractivity contribution in [2.45, 2.75) is 38.1 Å². The average molecular weight is 350 g/mol. The van der Waals surface area contributed by atoms with Crippen molar-refractivity contribution in [1.29, 1.82) is 0 Å². The second-order valence-electron chi connectivity index (χ2n) is 4.74. The minimum atomic E-state index is -3.53. The maximum absolute atomic E-state index is 12.1. The van der Waals surface area contributed by atoms with E-state index >= 15 is 0 Å². The van der Waals surface area contributed by atoms with Gasteiger partial charge >= 0.3 is 0 Å². The summed E-state index contributed by atoms with van der Waals surface area (Å²) in [6, 6.07) is 6.18. The van der Waals surface area contributed by atoms with Gasteiger partial charge in [0.1, 0.15) is 0 Å². The Bertz CT molecular complexity index is 561. The molecule has 6 nitrogen and oxygen atoms in total. The highest BCUT2D eigenvalue weighted by Gasteiger charge is 2.14. The average Bonchev–Trinajstić information content (AvgIpc) is 2.46. The van der Waals surface area contributed by atoms with Gasteiger partial charge in [0, 0.05) is 24.7 Å². The fourth-order valence-electron chi connectivity index (χ4n) is 1.71. The van der Waals surface area contributed by atoms with Gasteiger partial charge in [-0.05, 0) is 37.7 Å². The SMILES string of the molecule is CCN[C@H](C)CNS(=O)(=O)c1ccc(NC(=O)CC)cc1.Cl. The summed E-state index contributed by atoms with van der Waals surface area (Å²) < 4.78 is 26.8. The Morgan fingerprint density at radius 2 is 1.77 bits per heavy atom. The van der Waals surface area contributed by atoms with Gasteiger partial charge in [0.25, 0.3) is 0 Å². The molecule has 126 valence electrons. The summed E-state index contributed by atoms with van der Waals surface area (Å²) in [6.45, 7) is 6.74. The molecule has 0 aliphatic heterocycles. The molecule has 22 heavy (non-hydrogen) atoms. The quantitative estimate of drug-likeness (QED) is 0.667. The Balaban J connectivity index is 0.00000441. The highest BCUT2D eigenvalue weighted by atomic mass is 35.5. The van der Waals surface area contributed by atoms with Crippen molar-refractivity contribution in [1.82, 2.24) is 10.0 Å². The van der Waals surface area contributed by atoms with E-state index < -0.39 is 10.0 Å². The number of likely N-dealkylation sites (N-methyl/N-ethyl adjacent to an activating group) is 1. The molecule has 1 aromatic rings. The smallest absolute Gasteiger partial charge is 0.240 e. The van der Waals surface area contributed by atoms with Crippen LogP contribution in [0.2, 0.25) is 0 Å². The number of benzene rings is 1. The largest absolute Gasteiger partial charge is 0.326 e. The summed E-state index contributed by atoms with van der Waals surface area (Å²) in [5.41, 5.74) is 0.585. The van der Waals surface area contributed by atoms with Gasteiger partial charge in [-0.25, -0.2) is 13.1 Å². The molecule has 0 saturated heterocycles. The molecule has 0 aromatic heterocycles. The molecule has 1 aromatic carbocycles. The van der Waals surface area contributed by atoms with Crippen LogP contribution < -0.4 is 15.4 Å². The van der Waals surface area contributed by atoms with Crippen LogP contribution in [0.25, 0.3) is 0 Å². The lowest BCUT2D eigenvalue weighted by molar-refractivity contribution is -0.115. The first-order valence-electron chi connectivity index (χ1n) is 7.02. The Hall–Kier alpha value is -1.15. The van der Waals surface area contributed by atoms with Crippen molar-refractivity contribution in [2.24, 2.45) is 0 Å². The zero-order chi connectivity index (χ0) is 15.9. The van der Waals surface area contributed by atoms with E-state index in [2.05, 4.69) is 15.4 Å². The Morgan fingerprint density at radius 3 is 2.27 bits per heavy atom. The first-order valence-corrected chi connectivity index (χ1v) is 8.50. The maximum Gasteiger partial charge on any atom is 0.240 e. The zero-order valence-corrected chi connectivity index (χ0v) is 14.7. The van der Waals surface area contributed by atoms with E-state index in [0.29, 0.717) is 18.7 Å². The van der Waals surface area contributed by atoms with Crippen LogP contribution >= 0.6 is 12.4 Å². The Morgan fingerprint density at radius 1 is 1.18 bits per heavy atom. The topological polar surface area (TPSA) is 87.3 Å². The standard InChI is InChI=1S/C14H23N3O3S.ClH/c1-4-14(18)17-12-6-8-13(9-7-12)21(19,20)16-10-11(3)15-5-2;/h6-9,11,15-16H,4-5,10H2,1-3H3,(H,17,18);1H/t11-;/m1./s1. The molecule has 0 unspecified atom stereocenters. The molecule has 0 heterocycles. The summed E-state index contributed by atoms with van der Waals surface area (Å²) in [5.74, 6) is -0.108. The molecular weight excluding hydrogens is 326 g/mol. The summed E-state index contributed by atoms with van der Waals surface area (Å²) >= 11 is 0. The molecule has 0 radical (unpaired) electrons. The van der Waals surface area contributed by atoms with Gasteiger partial charge in [-0.3, -0.25) is 4.79 Å². The summed E-state index contributed by atoms with van der Waals surface area (Å²) in [7, 11) is -3.53. The molecule has 8 heteroatoms. The number of carbonyl (C=O) groups excluding carboxylic acids is 1. The van der Waals surface area contributed by atoms with E-state index in [-0.39, 0.29) is 29.3 Å². The summed E-state index contributed by atoms with van der Waals surface area (Å²) in [4.78, 5) is 11.4. The second-order valence-corrected chi connectivity index (χ2v) is 6.50. The lowest BCUT2D eigenvalue weighted by atomic mass is 10.3. The molecule has 0 bridgehead atoms. The van der Waals surface area contributed by atoms with E-state index in [4.69, 9.17) is 0 Å². The number of hydrogen-bond donors (Lipinski definition) is 3. The molecule has 3 N–H and O–H groups in total. The predicted octanol–water partition coefficient (Wildman–Crippen LogP) is 1.73. The molecule has 1 amide bonds. The van der Waals surface area contributed by atoms with E-state index in [1.807, 2.05) is 13.8 Å². The van der Waals surface area contributed by atoms with E-state index in [1.54, 1.807) is 19.1 Å². The number of anilines is 1. The normalized spacial score (nSPS) is 12.3. The molecule has 1 atom stereocenters. The van der Waals surface area contributed by atoms with Gasteiger partial charge in [0.05, 0.1) is 4.90 Å². The third kappa shape index (κ3) is 6.74. The van der Waals surface area contributed by atoms with Crippen molar-refractivity contribution in [2.75, 3.05) is 18.4 Å². The van der Waals surface area contributed by atoms with E-state index in [0.717, 1.165) is 6.54 Å². The molecular formula is C14H24ClN3O3S. The summed E-state index contributed by atoms with van der Waals surface area (Å²) in [5, 5.41) is 5.81. The van der Waals surface area contributed by atoms with Crippen LogP contribution in [-0.4, -0.2) is 33.5 Å². The predicted molar refractivity (Wildman–Crippen MR) is 90.9 cm³/mol. The van der Waals surface area contributed by atoms with Crippen LogP contribution in [0.4, 0.5) is 5.69 Å². The first kappa shape index (κ1) is 20.9. The Labute approximate surface area is 138 Å². The van der Waals surface area contributed by atoms with Gasteiger partial charge in [0.2, 0.25) is 15.9 Å². The molecule has 0 fully saturated rings. The highest BCUT2D eigenvalue weighted by molar-refractivity contribution is 7.89. The Kier molecular flexibility index (Phi) is 9.27. The monoisotopic (exact) mass is 349 g/mol. The number of amides is 1. The van der Waals surface area contributed by atoms with E-state index in [9.17, 15) is 13.2 Å². The number of halogens is 1. The van der Waals surface area contributed by atoms with Gasteiger partial charge in [-0.1, -0.05) is 13.8 Å². The van der Waals surface area contributed by atoms with Gasteiger partial charge < -0.3 is 10.6 Å². The number of sulfonamides is 1. The molecule has 0 aliphatic carbocycles. The van der Waals surface area contributed by atoms with Crippen molar-refractivity contribution in [3.8, 4) is 0 Å². The second kappa shape index (κ2) is 9.78. The lowest BCUT2D eigenvalue weighted by Gasteiger charge is -2.13. The third-order valence-corrected chi connectivity index (χ3v) is 4.34. The number of rotatable bonds is 8. The van der Waals surface area contributed by atoms with E-state index in [1.165, 1.54) is 12.1 Å². The molecule has 0 aliphatic rings.